The summed E-state index contributed by atoms with van der Waals surface area (Å²) in [6.45, 7) is 3.65. The van der Waals surface area contributed by atoms with E-state index in [-0.39, 0.29) is 0 Å². The molecule has 0 bridgehead atoms. The summed E-state index contributed by atoms with van der Waals surface area (Å²) in [5.41, 5.74) is 9.17. The summed E-state index contributed by atoms with van der Waals surface area (Å²) in [5.74, 6) is 0.821. The maximum Gasteiger partial charge on any atom is 0.121 e. The van der Waals surface area contributed by atoms with Crippen LogP contribution in [0.4, 0.5) is 5.69 Å². The predicted octanol–water partition coefficient (Wildman–Crippen LogP) is 3.86. The molecule has 0 aliphatic carbocycles. The minimum absolute atomic E-state index is 0.630. The van der Waals surface area contributed by atoms with Gasteiger partial charge in [-0.2, -0.15) is 0 Å². The Morgan fingerprint density at radius 2 is 1.95 bits per heavy atom. The average Bonchev–Trinajstić information content (AvgIpc) is 2.91. The van der Waals surface area contributed by atoms with Crippen LogP contribution in [0.25, 0.3) is 10.9 Å². The lowest BCUT2D eigenvalue weighted by Gasteiger charge is -2.10. The molecule has 0 spiro atoms. The number of nitrogen functional groups attached to an aromatic ring is 1. The highest BCUT2D eigenvalue weighted by Crippen LogP contribution is 2.21. The molecule has 1 heterocycles. The summed E-state index contributed by atoms with van der Waals surface area (Å²) < 4.78 is 8.05. The van der Waals surface area contributed by atoms with E-state index in [2.05, 4.69) is 42.0 Å². The van der Waals surface area contributed by atoms with E-state index in [9.17, 15) is 0 Å². The molecule has 2 N–H and O–H groups in total. The summed E-state index contributed by atoms with van der Waals surface area (Å²) in [6, 6.07) is 16.2. The third-order valence-electron chi connectivity index (χ3n) is 3.71. The average molecular weight is 280 g/mol. The molecule has 0 saturated heterocycles. The third-order valence-corrected chi connectivity index (χ3v) is 3.71. The van der Waals surface area contributed by atoms with E-state index in [1.807, 2.05) is 24.3 Å². The Kier molecular flexibility index (Phi) is 3.82. The van der Waals surface area contributed by atoms with Gasteiger partial charge in [0, 0.05) is 18.0 Å². The smallest absolute Gasteiger partial charge is 0.121 e. The van der Waals surface area contributed by atoms with E-state index < -0.39 is 0 Å². The van der Waals surface area contributed by atoms with Gasteiger partial charge >= 0.3 is 0 Å². The molecule has 3 heteroatoms. The standard InChI is InChI=1S/C18H20N2O/c1-2-14-5-3-6-15-9-10-20(18(14)15)11-12-21-17-8-4-7-16(19)13-17/h3-10,13H,2,11-12,19H2,1H3. The molecule has 0 saturated carbocycles. The van der Waals surface area contributed by atoms with Gasteiger partial charge in [-0.3, -0.25) is 0 Å². The van der Waals surface area contributed by atoms with Crippen LogP contribution in [0, 0.1) is 0 Å². The van der Waals surface area contributed by atoms with Gasteiger partial charge in [0.2, 0.25) is 0 Å². The Labute approximate surface area is 125 Å². The SMILES string of the molecule is CCc1cccc2ccn(CCOc3cccc(N)c3)c12. The normalized spacial score (nSPS) is 10.9. The Morgan fingerprint density at radius 1 is 1.10 bits per heavy atom. The van der Waals surface area contributed by atoms with E-state index in [1.165, 1.54) is 16.5 Å². The van der Waals surface area contributed by atoms with E-state index >= 15 is 0 Å². The fourth-order valence-corrected chi connectivity index (χ4v) is 2.68. The molecular weight excluding hydrogens is 260 g/mol. The van der Waals surface area contributed by atoms with Gasteiger partial charge in [0.05, 0.1) is 12.1 Å². The first kappa shape index (κ1) is 13.6. The number of nitrogens with zero attached hydrogens (tertiary/aromatic N) is 1. The Balaban J connectivity index is 1.74. The van der Waals surface area contributed by atoms with Crippen molar-refractivity contribution in [2.75, 3.05) is 12.3 Å². The van der Waals surface area contributed by atoms with Gasteiger partial charge in [0.15, 0.2) is 0 Å². The van der Waals surface area contributed by atoms with Crippen LogP contribution >= 0.6 is 0 Å². The molecule has 0 atom stereocenters. The number of ether oxygens (including phenoxy) is 1. The number of nitrogens with two attached hydrogens (primary N) is 1. The number of rotatable bonds is 5. The summed E-state index contributed by atoms with van der Waals surface area (Å²) in [6.07, 6.45) is 3.17. The first-order valence-electron chi connectivity index (χ1n) is 7.33. The Morgan fingerprint density at radius 3 is 2.76 bits per heavy atom. The van der Waals surface area contributed by atoms with Crippen molar-refractivity contribution in [2.45, 2.75) is 19.9 Å². The molecule has 108 valence electrons. The van der Waals surface area contributed by atoms with Gasteiger partial charge in [0.1, 0.15) is 12.4 Å². The first-order valence-corrected chi connectivity index (χ1v) is 7.33. The van der Waals surface area contributed by atoms with Crippen molar-refractivity contribution in [3.05, 3.63) is 60.3 Å². The Bertz CT molecular complexity index is 746. The first-order chi connectivity index (χ1) is 10.3. The van der Waals surface area contributed by atoms with E-state index in [0.29, 0.717) is 6.61 Å². The van der Waals surface area contributed by atoms with Crippen LogP contribution in [-0.2, 0) is 13.0 Å². The van der Waals surface area contributed by atoms with Crippen LogP contribution in [0.15, 0.2) is 54.7 Å². The maximum atomic E-state index is 5.78. The third kappa shape index (κ3) is 2.87. The fraction of sp³-hybridized carbons (Fsp3) is 0.222. The number of para-hydroxylation sites is 1. The number of hydrogen-bond acceptors (Lipinski definition) is 2. The molecule has 0 aliphatic rings. The highest BCUT2D eigenvalue weighted by atomic mass is 16.5. The lowest BCUT2D eigenvalue weighted by atomic mass is 10.1. The molecule has 2 aromatic carbocycles. The molecular formula is C18H20N2O. The van der Waals surface area contributed by atoms with Gasteiger partial charge in [-0.05, 0) is 35.6 Å². The fourth-order valence-electron chi connectivity index (χ4n) is 2.68. The van der Waals surface area contributed by atoms with Crippen molar-refractivity contribution in [2.24, 2.45) is 0 Å². The van der Waals surface area contributed by atoms with Gasteiger partial charge in [-0.25, -0.2) is 0 Å². The van der Waals surface area contributed by atoms with Crippen LogP contribution in [0.3, 0.4) is 0 Å². The van der Waals surface area contributed by atoms with Crippen LogP contribution in [0.1, 0.15) is 12.5 Å². The number of aromatic nitrogens is 1. The molecule has 0 fully saturated rings. The largest absolute Gasteiger partial charge is 0.492 e. The van der Waals surface area contributed by atoms with Gasteiger partial charge in [-0.15, -0.1) is 0 Å². The lowest BCUT2D eigenvalue weighted by molar-refractivity contribution is 0.300. The second kappa shape index (κ2) is 5.92. The predicted molar refractivity (Wildman–Crippen MR) is 87.7 cm³/mol. The monoisotopic (exact) mass is 280 g/mol. The number of hydrogen-bond donors (Lipinski definition) is 1. The number of aryl methyl sites for hydroxylation is 1. The van der Waals surface area contributed by atoms with Crippen LogP contribution < -0.4 is 10.5 Å². The second-order valence-electron chi connectivity index (χ2n) is 5.14. The summed E-state index contributed by atoms with van der Waals surface area (Å²) in [7, 11) is 0. The molecule has 3 aromatic rings. The van der Waals surface area contributed by atoms with E-state index in [4.69, 9.17) is 10.5 Å². The maximum absolute atomic E-state index is 5.78. The van der Waals surface area contributed by atoms with Crippen molar-refractivity contribution < 1.29 is 4.74 Å². The van der Waals surface area contributed by atoms with Crippen LogP contribution in [-0.4, -0.2) is 11.2 Å². The zero-order chi connectivity index (χ0) is 14.7. The van der Waals surface area contributed by atoms with Crippen molar-refractivity contribution in [3.63, 3.8) is 0 Å². The van der Waals surface area contributed by atoms with Gasteiger partial charge in [-0.1, -0.05) is 31.2 Å². The molecule has 1 aromatic heterocycles. The molecule has 0 unspecified atom stereocenters. The summed E-state index contributed by atoms with van der Waals surface area (Å²) >= 11 is 0. The lowest BCUT2D eigenvalue weighted by Crippen LogP contribution is -2.08. The molecule has 3 nitrogen and oxygen atoms in total. The van der Waals surface area contributed by atoms with Gasteiger partial charge in [0.25, 0.3) is 0 Å². The topological polar surface area (TPSA) is 40.2 Å². The highest BCUT2D eigenvalue weighted by Gasteiger charge is 2.05. The molecule has 0 radical (unpaired) electrons. The van der Waals surface area contributed by atoms with E-state index in [1.54, 1.807) is 0 Å². The van der Waals surface area contributed by atoms with Crippen molar-refractivity contribution >= 4 is 16.6 Å². The minimum atomic E-state index is 0.630. The number of benzene rings is 2. The second-order valence-corrected chi connectivity index (χ2v) is 5.14. The van der Waals surface area contributed by atoms with Gasteiger partial charge < -0.3 is 15.0 Å². The summed E-state index contributed by atoms with van der Waals surface area (Å²) in [5, 5.41) is 1.29. The molecule has 0 aliphatic heterocycles. The van der Waals surface area contributed by atoms with Crippen LogP contribution in [0.2, 0.25) is 0 Å². The van der Waals surface area contributed by atoms with Crippen molar-refractivity contribution in [3.8, 4) is 5.75 Å². The zero-order valence-corrected chi connectivity index (χ0v) is 12.3. The summed E-state index contributed by atoms with van der Waals surface area (Å²) in [4.78, 5) is 0. The van der Waals surface area contributed by atoms with E-state index in [0.717, 1.165) is 24.4 Å². The number of fused-ring (bicyclic) bond motifs is 1. The number of anilines is 1. The zero-order valence-electron chi connectivity index (χ0n) is 12.3. The van der Waals surface area contributed by atoms with Crippen LogP contribution in [0.5, 0.6) is 5.75 Å². The molecule has 3 rings (SSSR count). The molecule has 21 heavy (non-hydrogen) atoms. The van der Waals surface area contributed by atoms with Crippen molar-refractivity contribution in [1.82, 2.24) is 4.57 Å². The molecule has 0 amide bonds. The Hall–Kier alpha value is -2.42. The highest BCUT2D eigenvalue weighted by molar-refractivity contribution is 5.83. The quantitative estimate of drug-likeness (QED) is 0.721. The minimum Gasteiger partial charge on any atom is -0.492 e. The van der Waals surface area contributed by atoms with Crippen molar-refractivity contribution in [1.29, 1.82) is 0 Å².